The number of carbonyl (C=O) groups excluding carboxylic acids is 1. The molecule has 2 heterocycles. The highest BCUT2D eigenvalue weighted by Crippen LogP contribution is 2.23. The van der Waals surface area contributed by atoms with Gasteiger partial charge in [-0.15, -0.1) is 0 Å². The number of carbonyl (C=O) groups is 1. The van der Waals surface area contributed by atoms with Crippen LogP contribution < -0.4 is 10.6 Å². The molecule has 118 valence electrons. The van der Waals surface area contributed by atoms with E-state index in [1.165, 1.54) is 0 Å². The molecule has 1 saturated heterocycles. The lowest BCUT2D eigenvalue weighted by Crippen LogP contribution is -2.54. The molecule has 0 radical (unpaired) electrons. The Balaban J connectivity index is 1.56. The number of hydrogen-bond donors (Lipinski definition) is 2. The first-order chi connectivity index (χ1) is 10.7. The summed E-state index contributed by atoms with van der Waals surface area (Å²) in [6.45, 7) is 2.17. The number of methoxy groups -OCH3 is 1. The van der Waals surface area contributed by atoms with Crippen molar-refractivity contribution < 1.29 is 13.9 Å². The molecule has 0 atom stereocenters. The summed E-state index contributed by atoms with van der Waals surface area (Å²) in [6.07, 6.45) is 2.10. The lowest BCUT2D eigenvalue weighted by atomic mass is 9.91. The minimum absolute atomic E-state index is 0.0207. The van der Waals surface area contributed by atoms with Crippen molar-refractivity contribution in [2.75, 3.05) is 26.7 Å². The maximum Gasteiger partial charge on any atom is 0.252 e. The molecule has 22 heavy (non-hydrogen) atoms. The molecule has 1 aromatic heterocycles. The molecule has 0 unspecified atom stereocenters. The van der Waals surface area contributed by atoms with Crippen molar-refractivity contribution in [2.24, 2.45) is 0 Å². The van der Waals surface area contributed by atoms with E-state index in [0.29, 0.717) is 25.8 Å². The Morgan fingerprint density at radius 2 is 2.14 bits per heavy atom. The topological polar surface area (TPSA) is 63.5 Å². The van der Waals surface area contributed by atoms with Crippen LogP contribution in [0.3, 0.4) is 0 Å². The second kappa shape index (κ2) is 6.50. The van der Waals surface area contributed by atoms with Gasteiger partial charge in [-0.05, 0) is 38.1 Å². The van der Waals surface area contributed by atoms with E-state index in [2.05, 4.69) is 10.6 Å². The zero-order valence-corrected chi connectivity index (χ0v) is 12.9. The Kier molecular flexibility index (Phi) is 4.45. The minimum Gasteiger partial charge on any atom is -0.461 e. The van der Waals surface area contributed by atoms with Gasteiger partial charge >= 0.3 is 0 Å². The third-order valence-corrected chi connectivity index (χ3v) is 4.35. The first-order valence-electron chi connectivity index (χ1n) is 7.75. The number of ether oxygens (including phenoxy) is 1. The molecule has 1 aromatic carbocycles. The Morgan fingerprint density at radius 3 is 2.86 bits per heavy atom. The molecular formula is C17H22N2O3. The Hall–Kier alpha value is -1.85. The van der Waals surface area contributed by atoms with Gasteiger partial charge < -0.3 is 19.8 Å². The monoisotopic (exact) mass is 302 g/mol. The predicted octanol–water partition coefficient (Wildman–Crippen LogP) is 1.86. The zero-order valence-electron chi connectivity index (χ0n) is 12.9. The van der Waals surface area contributed by atoms with Gasteiger partial charge in [0.1, 0.15) is 16.9 Å². The average molecular weight is 302 g/mol. The van der Waals surface area contributed by atoms with E-state index in [-0.39, 0.29) is 5.91 Å². The lowest BCUT2D eigenvalue weighted by molar-refractivity contribution is -0.146. The number of hydrogen-bond acceptors (Lipinski definition) is 4. The second-order valence-electron chi connectivity index (χ2n) is 5.70. The summed E-state index contributed by atoms with van der Waals surface area (Å²) in [4.78, 5) is 12.4. The summed E-state index contributed by atoms with van der Waals surface area (Å²) < 4.78 is 11.3. The van der Waals surface area contributed by atoms with E-state index in [0.717, 1.165) is 29.8 Å². The summed E-state index contributed by atoms with van der Waals surface area (Å²) in [5, 5.41) is 7.33. The third-order valence-electron chi connectivity index (χ3n) is 4.35. The van der Waals surface area contributed by atoms with Crippen molar-refractivity contribution in [1.82, 2.24) is 10.6 Å². The molecule has 0 bridgehead atoms. The summed E-state index contributed by atoms with van der Waals surface area (Å²) in [5.41, 5.74) is 0.203. The fourth-order valence-corrected chi connectivity index (χ4v) is 2.97. The van der Waals surface area contributed by atoms with E-state index in [1.807, 2.05) is 30.3 Å². The van der Waals surface area contributed by atoms with Crippen LogP contribution in [0.1, 0.15) is 18.6 Å². The molecule has 5 nitrogen and oxygen atoms in total. The van der Waals surface area contributed by atoms with Crippen LogP contribution in [0.5, 0.6) is 0 Å². The van der Waals surface area contributed by atoms with Gasteiger partial charge in [0.2, 0.25) is 0 Å². The molecule has 1 aliphatic rings. The van der Waals surface area contributed by atoms with Crippen LogP contribution in [0.2, 0.25) is 0 Å². The van der Waals surface area contributed by atoms with E-state index in [4.69, 9.17) is 9.15 Å². The molecule has 5 heteroatoms. The number of piperidine rings is 1. The van der Waals surface area contributed by atoms with Gasteiger partial charge in [-0.3, -0.25) is 4.79 Å². The molecule has 0 saturated carbocycles. The maximum absolute atomic E-state index is 12.4. The highest BCUT2D eigenvalue weighted by molar-refractivity contribution is 5.85. The number of benzene rings is 1. The average Bonchev–Trinajstić information content (AvgIpc) is 2.98. The van der Waals surface area contributed by atoms with Crippen molar-refractivity contribution in [1.29, 1.82) is 0 Å². The Labute approximate surface area is 130 Å². The first-order valence-corrected chi connectivity index (χ1v) is 7.75. The maximum atomic E-state index is 12.4. The van der Waals surface area contributed by atoms with Gasteiger partial charge in [0.05, 0.1) is 0 Å². The van der Waals surface area contributed by atoms with Crippen LogP contribution in [0.25, 0.3) is 11.0 Å². The van der Waals surface area contributed by atoms with Gasteiger partial charge in [0.15, 0.2) is 0 Å². The van der Waals surface area contributed by atoms with Gasteiger partial charge in [0, 0.05) is 25.5 Å². The first kappa shape index (κ1) is 15.1. The number of para-hydroxylation sites is 1. The number of fused-ring (bicyclic) bond motifs is 1. The van der Waals surface area contributed by atoms with Gasteiger partial charge in [-0.1, -0.05) is 18.2 Å². The molecule has 0 spiro atoms. The summed E-state index contributed by atoms with van der Waals surface area (Å²) in [5.74, 6) is 0.867. The third kappa shape index (κ3) is 3.00. The highest BCUT2D eigenvalue weighted by atomic mass is 16.5. The predicted molar refractivity (Wildman–Crippen MR) is 84.8 cm³/mol. The normalized spacial score (nSPS) is 17.5. The summed E-state index contributed by atoms with van der Waals surface area (Å²) >= 11 is 0. The number of rotatable bonds is 5. The van der Waals surface area contributed by atoms with Gasteiger partial charge in [-0.25, -0.2) is 0 Å². The van der Waals surface area contributed by atoms with Crippen molar-refractivity contribution in [3.8, 4) is 0 Å². The summed E-state index contributed by atoms with van der Waals surface area (Å²) in [7, 11) is 1.62. The smallest absolute Gasteiger partial charge is 0.252 e. The van der Waals surface area contributed by atoms with Crippen LogP contribution in [0.15, 0.2) is 34.7 Å². The quantitative estimate of drug-likeness (QED) is 0.885. The standard InChI is InChI=1S/C17H22N2O3/c1-21-17(7-10-18-11-8-17)16(20)19-9-6-14-12-13-4-2-3-5-15(13)22-14/h2-5,12,18H,6-11H2,1H3,(H,19,20). The molecule has 2 N–H and O–H groups in total. The Bertz CT molecular complexity index is 611. The van der Waals surface area contributed by atoms with Crippen LogP contribution in [-0.4, -0.2) is 38.3 Å². The Morgan fingerprint density at radius 1 is 1.36 bits per heavy atom. The number of furan rings is 1. The fourth-order valence-electron chi connectivity index (χ4n) is 2.97. The van der Waals surface area contributed by atoms with E-state index >= 15 is 0 Å². The minimum atomic E-state index is -0.681. The van der Waals surface area contributed by atoms with Crippen LogP contribution in [-0.2, 0) is 16.0 Å². The van der Waals surface area contributed by atoms with E-state index < -0.39 is 5.60 Å². The molecule has 1 amide bonds. The van der Waals surface area contributed by atoms with Crippen molar-refractivity contribution in [3.63, 3.8) is 0 Å². The number of nitrogens with one attached hydrogen (secondary N) is 2. The van der Waals surface area contributed by atoms with Crippen molar-refractivity contribution in [3.05, 3.63) is 36.1 Å². The molecule has 1 fully saturated rings. The summed E-state index contributed by atoms with van der Waals surface area (Å²) in [6, 6.07) is 9.94. The molecule has 1 aliphatic heterocycles. The fraction of sp³-hybridized carbons (Fsp3) is 0.471. The SMILES string of the molecule is COC1(C(=O)NCCc2cc3ccccc3o2)CCNCC1. The van der Waals surface area contributed by atoms with Crippen molar-refractivity contribution >= 4 is 16.9 Å². The molecule has 3 rings (SSSR count). The lowest BCUT2D eigenvalue weighted by Gasteiger charge is -2.34. The number of amides is 1. The highest BCUT2D eigenvalue weighted by Gasteiger charge is 2.39. The van der Waals surface area contributed by atoms with Crippen molar-refractivity contribution in [2.45, 2.75) is 24.9 Å². The largest absolute Gasteiger partial charge is 0.461 e. The molecule has 2 aromatic rings. The van der Waals surface area contributed by atoms with Crippen LogP contribution in [0, 0.1) is 0 Å². The van der Waals surface area contributed by atoms with E-state index in [9.17, 15) is 4.79 Å². The molecular weight excluding hydrogens is 280 g/mol. The second-order valence-corrected chi connectivity index (χ2v) is 5.70. The zero-order chi connectivity index (χ0) is 15.4. The van der Waals surface area contributed by atoms with Gasteiger partial charge in [0.25, 0.3) is 5.91 Å². The van der Waals surface area contributed by atoms with Gasteiger partial charge in [-0.2, -0.15) is 0 Å². The molecule has 0 aliphatic carbocycles. The van der Waals surface area contributed by atoms with E-state index in [1.54, 1.807) is 7.11 Å². The van der Waals surface area contributed by atoms with Crippen LogP contribution in [0.4, 0.5) is 0 Å². The van der Waals surface area contributed by atoms with Crippen LogP contribution >= 0.6 is 0 Å².